The summed E-state index contributed by atoms with van der Waals surface area (Å²) in [6, 6.07) is 12.8. The van der Waals surface area contributed by atoms with Crippen LogP contribution in [0.15, 0.2) is 48.5 Å². The van der Waals surface area contributed by atoms with Crippen LogP contribution in [0.2, 0.25) is 0 Å². The molecule has 2 aromatic carbocycles. The lowest BCUT2D eigenvalue weighted by Gasteiger charge is -2.18. The van der Waals surface area contributed by atoms with E-state index in [1.54, 1.807) is 11.9 Å². The van der Waals surface area contributed by atoms with E-state index in [9.17, 15) is 18.0 Å². The number of alkyl halides is 3. The molecule has 2 N–H and O–H groups in total. The molecule has 0 radical (unpaired) electrons. The molecule has 0 aliphatic carbocycles. The molecule has 3 rings (SSSR count). The Morgan fingerprint density at radius 1 is 1.11 bits per heavy atom. The van der Waals surface area contributed by atoms with Gasteiger partial charge in [0, 0.05) is 12.7 Å². The Morgan fingerprint density at radius 3 is 2.21 bits per heavy atom. The lowest BCUT2D eigenvalue weighted by molar-refractivity contribution is -0.274. The molecular formula is C18H15F3N4O3. The fourth-order valence-corrected chi connectivity index (χ4v) is 2.61. The van der Waals surface area contributed by atoms with Crippen molar-refractivity contribution in [2.45, 2.75) is 12.9 Å². The van der Waals surface area contributed by atoms with Gasteiger partial charge in [-0.3, -0.25) is 5.10 Å². The first kappa shape index (κ1) is 19.2. The molecular weight excluding hydrogens is 377 g/mol. The standard InChI is InChI=1S/C18H15F3N4O3/c1-25(10-15-16(17(26)27)23-24-22-15)13-6-2-11(3-7-13)12-4-8-14(9-5-12)28-18(19,20)21/h2-9H,10H2,1H3,(H,26,27)(H,22,23,24). The SMILES string of the molecule is CN(Cc1nn[nH]c1C(=O)O)c1ccc(-c2ccc(OC(F)(F)F)cc2)cc1. The van der Waals surface area contributed by atoms with Crippen LogP contribution in [0, 0.1) is 0 Å². The van der Waals surface area contributed by atoms with Crippen molar-refractivity contribution in [1.29, 1.82) is 0 Å². The number of benzene rings is 2. The minimum atomic E-state index is -4.72. The number of carboxylic acids is 1. The lowest BCUT2D eigenvalue weighted by atomic mass is 10.1. The van der Waals surface area contributed by atoms with Crippen molar-refractivity contribution in [2.75, 3.05) is 11.9 Å². The highest BCUT2D eigenvalue weighted by Gasteiger charge is 2.30. The van der Waals surface area contributed by atoms with Gasteiger partial charge in [0.1, 0.15) is 11.4 Å². The Kier molecular flexibility index (Phi) is 5.21. The number of ether oxygens (including phenoxy) is 1. The Bertz CT molecular complexity index is 953. The molecule has 28 heavy (non-hydrogen) atoms. The highest BCUT2D eigenvalue weighted by molar-refractivity contribution is 5.86. The molecule has 7 nitrogen and oxygen atoms in total. The van der Waals surface area contributed by atoms with Crippen molar-refractivity contribution < 1.29 is 27.8 Å². The number of H-pyrrole nitrogens is 1. The number of halogens is 3. The van der Waals surface area contributed by atoms with Crippen LogP contribution in [-0.4, -0.2) is 39.9 Å². The third-order valence-corrected chi connectivity index (χ3v) is 3.95. The highest BCUT2D eigenvalue weighted by Crippen LogP contribution is 2.28. The second kappa shape index (κ2) is 7.59. The Hall–Kier alpha value is -3.56. The van der Waals surface area contributed by atoms with Gasteiger partial charge in [-0.05, 0) is 35.4 Å². The molecule has 146 valence electrons. The number of rotatable bonds is 6. The van der Waals surface area contributed by atoms with E-state index in [0.717, 1.165) is 16.8 Å². The van der Waals surface area contributed by atoms with Crippen LogP contribution in [0.1, 0.15) is 16.2 Å². The van der Waals surface area contributed by atoms with Crippen LogP contribution in [0.5, 0.6) is 5.75 Å². The summed E-state index contributed by atoms with van der Waals surface area (Å²) in [6.45, 7) is 0.237. The average molecular weight is 392 g/mol. The summed E-state index contributed by atoms with van der Waals surface area (Å²) < 4.78 is 40.5. The number of aromatic amines is 1. The Labute approximate surface area is 157 Å². The maximum Gasteiger partial charge on any atom is 0.573 e. The third-order valence-electron chi connectivity index (χ3n) is 3.95. The molecule has 1 heterocycles. The quantitative estimate of drug-likeness (QED) is 0.665. The van der Waals surface area contributed by atoms with E-state index in [2.05, 4.69) is 20.1 Å². The van der Waals surface area contributed by atoms with Gasteiger partial charge in [0.2, 0.25) is 0 Å². The minimum Gasteiger partial charge on any atom is -0.476 e. The summed E-state index contributed by atoms with van der Waals surface area (Å²) in [5, 5.41) is 18.7. The normalized spacial score (nSPS) is 11.3. The van der Waals surface area contributed by atoms with Gasteiger partial charge in [0.25, 0.3) is 0 Å². The smallest absolute Gasteiger partial charge is 0.476 e. The van der Waals surface area contributed by atoms with Gasteiger partial charge in [0.15, 0.2) is 5.69 Å². The van der Waals surface area contributed by atoms with Gasteiger partial charge in [-0.15, -0.1) is 18.3 Å². The van der Waals surface area contributed by atoms with E-state index in [-0.39, 0.29) is 18.0 Å². The molecule has 0 amide bonds. The summed E-state index contributed by atoms with van der Waals surface area (Å²) in [5.74, 6) is -1.42. The number of nitrogens with one attached hydrogen (secondary N) is 1. The van der Waals surface area contributed by atoms with Crippen molar-refractivity contribution in [1.82, 2.24) is 15.4 Å². The van der Waals surface area contributed by atoms with Crippen molar-refractivity contribution in [3.05, 3.63) is 59.9 Å². The predicted molar refractivity (Wildman–Crippen MR) is 94.0 cm³/mol. The highest BCUT2D eigenvalue weighted by atomic mass is 19.4. The maximum atomic E-state index is 12.2. The predicted octanol–water partition coefficient (Wildman–Crippen LogP) is 3.70. The molecule has 0 atom stereocenters. The minimum absolute atomic E-state index is 0.0652. The van der Waals surface area contributed by atoms with Crippen molar-refractivity contribution in [3.63, 3.8) is 0 Å². The Balaban J connectivity index is 1.70. The molecule has 0 bridgehead atoms. The van der Waals surface area contributed by atoms with E-state index >= 15 is 0 Å². The van der Waals surface area contributed by atoms with Gasteiger partial charge in [-0.25, -0.2) is 4.79 Å². The van der Waals surface area contributed by atoms with Gasteiger partial charge in [-0.2, -0.15) is 0 Å². The van der Waals surface area contributed by atoms with Crippen molar-refractivity contribution in [3.8, 4) is 16.9 Å². The molecule has 0 fully saturated rings. The molecule has 0 unspecified atom stereocenters. The van der Waals surface area contributed by atoms with E-state index in [4.69, 9.17) is 5.11 Å². The summed E-state index contributed by atoms with van der Waals surface area (Å²) in [6.07, 6.45) is -4.72. The van der Waals surface area contributed by atoms with E-state index in [1.165, 1.54) is 24.3 Å². The van der Waals surface area contributed by atoms with Crippen LogP contribution in [0.3, 0.4) is 0 Å². The van der Waals surface area contributed by atoms with Gasteiger partial charge >= 0.3 is 12.3 Å². The number of hydrogen-bond donors (Lipinski definition) is 2. The van der Waals surface area contributed by atoms with Crippen LogP contribution < -0.4 is 9.64 Å². The number of nitrogens with zero attached hydrogens (tertiary/aromatic N) is 3. The molecule has 0 saturated carbocycles. The first-order valence-corrected chi connectivity index (χ1v) is 8.03. The number of aromatic carboxylic acids is 1. The van der Waals surface area contributed by atoms with Crippen LogP contribution in [-0.2, 0) is 6.54 Å². The second-order valence-corrected chi connectivity index (χ2v) is 5.91. The zero-order valence-electron chi connectivity index (χ0n) is 14.6. The first-order chi connectivity index (χ1) is 13.2. The largest absolute Gasteiger partial charge is 0.573 e. The molecule has 0 saturated heterocycles. The van der Waals surface area contributed by atoms with Crippen LogP contribution in [0.25, 0.3) is 11.1 Å². The number of hydrogen-bond acceptors (Lipinski definition) is 5. The molecule has 3 aromatic rings. The van der Waals surface area contributed by atoms with E-state index in [1.807, 2.05) is 24.3 Å². The summed E-state index contributed by atoms with van der Waals surface area (Å²) >= 11 is 0. The Morgan fingerprint density at radius 2 is 1.68 bits per heavy atom. The zero-order chi connectivity index (χ0) is 20.3. The molecule has 10 heteroatoms. The van der Waals surface area contributed by atoms with Gasteiger partial charge in [-0.1, -0.05) is 29.5 Å². The van der Waals surface area contributed by atoms with E-state index < -0.39 is 12.3 Å². The maximum absolute atomic E-state index is 12.2. The number of aromatic nitrogens is 3. The molecule has 0 aliphatic rings. The van der Waals surface area contributed by atoms with Crippen molar-refractivity contribution >= 4 is 11.7 Å². The second-order valence-electron chi connectivity index (χ2n) is 5.91. The average Bonchev–Trinajstić information content (AvgIpc) is 3.09. The molecule has 1 aromatic heterocycles. The number of anilines is 1. The van der Waals surface area contributed by atoms with Crippen LogP contribution >= 0.6 is 0 Å². The van der Waals surface area contributed by atoms with Gasteiger partial charge < -0.3 is 14.7 Å². The number of carbonyl (C=O) groups is 1. The third kappa shape index (κ3) is 4.58. The summed E-state index contributed by atoms with van der Waals surface area (Å²) in [5.41, 5.74) is 2.58. The van der Waals surface area contributed by atoms with E-state index in [0.29, 0.717) is 5.69 Å². The topological polar surface area (TPSA) is 91.3 Å². The summed E-state index contributed by atoms with van der Waals surface area (Å²) in [7, 11) is 1.78. The lowest BCUT2D eigenvalue weighted by Crippen LogP contribution is -2.18. The first-order valence-electron chi connectivity index (χ1n) is 8.03. The zero-order valence-corrected chi connectivity index (χ0v) is 14.6. The fourth-order valence-electron chi connectivity index (χ4n) is 2.61. The monoisotopic (exact) mass is 392 g/mol. The fraction of sp³-hybridized carbons (Fsp3) is 0.167. The molecule has 0 spiro atoms. The van der Waals surface area contributed by atoms with Crippen molar-refractivity contribution in [2.24, 2.45) is 0 Å². The summed E-state index contributed by atoms with van der Waals surface area (Å²) in [4.78, 5) is 12.9. The molecule has 0 aliphatic heterocycles. The van der Waals surface area contributed by atoms with Gasteiger partial charge in [0.05, 0.1) is 6.54 Å². The number of carboxylic acid groups (broad SMARTS) is 1. The van der Waals surface area contributed by atoms with Crippen LogP contribution in [0.4, 0.5) is 18.9 Å².